The van der Waals surface area contributed by atoms with Crippen molar-refractivity contribution in [3.8, 4) is 0 Å². The first-order valence-electron chi connectivity index (χ1n) is 11.1. The fourth-order valence-corrected chi connectivity index (χ4v) is 5.12. The van der Waals surface area contributed by atoms with E-state index in [0.717, 1.165) is 5.56 Å². The standard InChI is InChI=1S/C26H26ClN3O5/c1-14-17(27)6-5-7-18(14)29-19-12-26(2,3)13-20(31)22(19)21(23(24(29)28)25(32)35-4)15-8-10-16(11-9-15)30(33)34/h5-11,21H,12-13,28H2,1-4H3. The van der Waals surface area contributed by atoms with E-state index in [1.807, 2.05) is 26.8 Å². The number of nitrogens with zero attached hydrogens (tertiary/aromatic N) is 2. The van der Waals surface area contributed by atoms with Crippen molar-refractivity contribution in [1.82, 2.24) is 0 Å². The van der Waals surface area contributed by atoms with E-state index in [9.17, 15) is 19.7 Å². The number of anilines is 1. The summed E-state index contributed by atoms with van der Waals surface area (Å²) in [4.78, 5) is 39.2. The average Bonchev–Trinajstić information content (AvgIpc) is 2.79. The van der Waals surface area contributed by atoms with Crippen molar-refractivity contribution in [3.63, 3.8) is 0 Å². The van der Waals surface area contributed by atoms with E-state index in [-0.39, 0.29) is 34.7 Å². The second kappa shape index (κ2) is 8.85. The summed E-state index contributed by atoms with van der Waals surface area (Å²) in [5, 5.41) is 11.7. The van der Waals surface area contributed by atoms with Gasteiger partial charge < -0.3 is 10.5 Å². The molecular weight excluding hydrogens is 470 g/mol. The summed E-state index contributed by atoms with van der Waals surface area (Å²) in [6, 6.07) is 11.2. The number of Topliss-reactive ketones (excluding diaryl/α,β-unsaturated/α-hetero) is 1. The molecule has 0 fully saturated rings. The molecule has 2 aliphatic rings. The molecule has 35 heavy (non-hydrogen) atoms. The minimum Gasteiger partial charge on any atom is -0.466 e. The monoisotopic (exact) mass is 495 g/mol. The van der Waals surface area contributed by atoms with E-state index in [1.54, 1.807) is 29.2 Å². The van der Waals surface area contributed by atoms with Crippen LogP contribution in [0.2, 0.25) is 5.02 Å². The molecule has 2 N–H and O–H groups in total. The van der Waals surface area contributed by atoms with Crippen LogP contribution in [0.5, 0.6) is 0 Å². The van der Waals surface area contributed by atoms with Crippen LogP contribution in [0.3, 0.4) is 0 Å². The van der Waals surface area contributed by atoms with Crippen molar-refractivity contribution in [3.05, 3.63) is 91.4 Å². The number of ether oxygens (including phenoxy) is 1. The Labute approximate surface area is 208 Å². The number of nitro benzene ring substituents is 1. The smallest absolute Gasteiger partial charge is 0.338 e. The largest absolute Gasteiger partial charge is 0.466 e. The van der Waals surface area contributed by atoms with Crippen LogP contribution >= 0.6 is 11.6 Å². The number of hydrogen-bond acceptors (Lipinski definition) is 7. The highest BCUT2D eigenvalue weighted by Gasteiger charge is 2.46. The Bertz CT molecular complexity index is 1310. The van der Waals surface area contributed by atoms with Crippen LogP contribution in [0, 0.1) is 22.5 Å². The van der Waals surface area contributed by atoms with Crippen molar-refractivity contribution in [2.75, 3.05) is 12.0 Å². The molecule has 0 aromatic heterocycles. The molecule has 0 radical (unpaired) electrons. The van der Waals surface area contributed by atoms with Crippen LogP contribution < -0.4 is 10.6 Å². The molecule has 0 amide bonds. The van der Waals surface area contributed by atoms with Crippen molar-refractivity contribution in [2.24, 2.45) is 11.1 Å². The number of benzene rings is 2. The summed E-state index contributed by atoms with van der Waals surface area (Å²) >= 11 is 6.42. The fraction of sp³-hybridized carbons (Fsp3) is 0.308. The Hall–Kier alpha value is -3.65. The Kier molecular flexibility index (Phi) is 6.19. The number of hydrogen-bond donors (Lipinski definition) is 1. The first-order chi connectivity index (χ1) is 16.5. The Morgan fingerprint density at radius 3 is 2.46 bits per heavy atom. The quantitative estimate of drug-likeness (QED) is 0.354. The molecule has 0 saturated heterocycles. The lowest BCUT2D eigenvalue weighted by Gasteiger charge is -2.44. The van der Waals surface area contributed by atoms with Gasteiger partial charge in [-0.2, -0.15) is 0 Å². The first kappa shape index (κ1) is 24.5. The molecule has 0 bridgehead atoms. The number of methoxy groups -OCH3 is 1. The maximum atomic E-state index is 13.7. The molecule has 9 heteroatoms. The lowest BCUT2D eigenvalue weighted by Crippen LogP contribution is -2.44. The van der Waals surface area contributed by atoms with E-state index in [0.29, 0.717) is 34.0 Å². The average molecular weight is 496 g/mol. The van der Waals surface area contributed by atoms with Gasteiger partial charge in [0, 0.05) is 34.8 Å². The van der Waals surface area contributed by atoms with Gasteiger partial charge in [0.15, 0.2) is 5.78 Å². The highest BCUT2D eigenvalue weighted by molar-refractivity contribution is 6.31. The lowest BCUT2D eigenvalue weighted by molar-refractivity contribution is -0.384. The minimum absolute atomic E-state index is 0.0948. The topological polar surface area (TPSA) is 116 Å². The molecular formula is C26H26ClN3O5. The molecule has 1 aliphatic heterocycles. The summed E-state index contributed by atoms with van der Waals surface area (Å²) in [5.74, 6) is -1.48. The summed E-state index contributed by atoms with van der Waals surface area (Å²) in [5.41, 5.74) is 9.45. The predicted octanol–water partition coefficient (Wildman–Crippen LogP) is 5.15. The predicted molar refractivity (Wildman–Crippen MR) is 133 cm³/mol. The zero-order valence-corrected chi connectivity index (χ0v) is 20.7. The number of nitrogens with two attached hydrogens (primary N) is 1. The molecule has 1 atom stereocenters. The number of carbonyl (C=O) groups excluding carboxylic acids is 2. The van der Waals surface area contributed by atoms with Crippen molar-refractivity contribution in [1.29, 1.82) is 0 Å². The second-order valence-electron chi connectivity index (χ2n) is 9.59. The molecule has 1 unspecified atom stereocenters. The highest BCUT2D eigenvalue weighted by atomic mass is 35.5. The SMILES string of the molecule is COC(=O)C1=C(N)N(c2cccc(Cl)c2C)C2=C(C(=O)CC(C)(C)C2)C1c1ccc([N+](=O)[O-])cc1. The number of ketones is 1. The van der Waals surface area contributed by atoms with Crippen molar-refractivity contribution >= 4 is 34.7 Å². The van der Waals surface area contributed by atoms with Crippen LogP contribution in [0.4, 0.5) is 11.4 Å². The number of esters is 1. The third-order valence-electron chi connectivity index (χ3n) is 6.58. The van der Waals surface area contributed by atoms with Gasteiger partial charge in [0.05, 0.1) is 29.2 Å². The number of nitro groups is 1. The van der Waals surface area contributed by atoms with Gasteiger partial charge in [-0.05, 0) is 42.0 Å². The van der Waals surface area contributed by atoms with E-state index in [4.69, 9.17) is 22.1 Å². The third-order valence-corrected chi connectivity index (χ3v) is 6.99. The van der Waals surface area contributed by atoms with E-state index in [2.05, 4.69) is 0 Å². The minimum atomic E-state index is -0.822. The molecule has 1 aliphatic carbocycles. The molecule has 2 aromatic carbocycles. The van der Waals surface area contributed by atoms with Crippen LogP contribution in [0.1, 0.15) is 43.7 Å². The Balaban J connectivity index is 2.04. The molecule has 8 nitrogen and oxygen atoms in total. The van der Waals surface area contributed by atoms with E-state index >= 15 is 0 Å². The lowest BCUT2D eigenvalue weighted by atomic mass is 9.68. The van der Waals surface area contributed by atoms with Gasteiger partial charge in [0.1, 0.15) is 5.82 Å². The van der Waals surface area contributed by atoms with Gasteiger partial charge in [-0.15, -0.1) is 0 Å². The van der Waals surface area contributed by atoms with E-state index < -0.39 is 16.8 Å². The van der Waals surface area contributed by atoms with Crippen LogP contribution in [0.15, 0.2) is 65.1 Å². The van der Waals surface area contributed by atoms with Crippen LogP contribution in [0.25, 0.3) is 0 Å². The zero-order valence-electron chi connectivity index (χ0n) is 19.9. The highest BCUT2D eigenvalue weighted by Crippen LogP contribution is 2.51. The van der Waals surface area contributed by atoms with Crippen molar-refractivity contribution < 1.29 is 19.2 Å². The Morgan fingerprint density at radius 2 is 1.86 bits per heavy atom. The number of carbonyl (C=O) groups is 2. The molecule has 2 aromatic rings. The van der Waals surface area contributed by atoms with Gasteiger partial charge in [0.2, 0.25) is 0 Å². The van der Waals surface area contributed by atoms with E-state index in [1.165, 1.54) is 19.2 Å². The summed E-state index contributed by atoms with van der Waals surface area (Å²) in [7, 11) is 1.25. The van der Waals surface area contributed by atoms with Gasteiger partial charge in [-0.1, -0.05) is 43.6 Å². The van der Waals surface area contributed by atoms with Crippen LogP contribution in [-0.2, 0) is 14.3 Å². The number of non-ortho nitro benzene ring substituents is 1. The summed E-state index contributed by atoms with van der Waals surface area (Å²) in [6.07, 6.45) is 0.810. The van der Waals surface area contributed by atoms with Gasteiger partial charge in [-0.3, -0.25) is 19.8 Å². The molecule has 1 heterocycles. The molecule has 182 valence electrons. The van der Waals surface area contributed by atoms with Crippen LogP contribution in [-0.4, -0.2) is 23.8 Å². The molecule has 0 spiro atoms. The molecule has 0 saturated carbocycles. The van der Waals surface area contributed by atoms with Crippen molar-refractivity contribution in [2.45, 2.75) is 39.5 Å². The second-order valence-corrected chi connectivity index (χ2v) is 10.0. The molecule has 4 rings (SSSR count). The first-order valence-corrected chi connectivity index (χ1v) is 11.5. The normalized spacial score (nSPS) is 19.5. The van der Waals surface area contributed by atoms with Gasteiger partial charge >= 0.3 is 5.97 Å². The number of halogens is 1. The third kappa shape index (κ3) is 4.18. The maximum absolute atomic E-state index is 13.7. The van der Waals surface area contributed by atoms with Gasteiger partial charge in [-0.25, -0.2) is 4.79 Å². The summed E-state index contributed by atoms with van der Waals surface area (Å²) in [6.45, 7) is 5.86. The fourth-order valence-electron chi connectivity index (χ4n) is 4.95. The maximum Gasteiger partial charge on any atom is 0.338 e. The zero-order chi connectivity index (χ0) is 25.7. The Morgan fingerprint density at radius 1 is 1.20 bits per heavy atom. The number of allylic oxidation sites excluding steroid dienone is 2. The van der Waals surface area contributed by atoms with Gasteiger partial charge in [0.25, 0.3) is 5.69 Å². The summed E-state index contributed by atoms with van der Waals surface area (Å²) < 4.78 is 5.10. The number of rotatable bonds is 4.